The van der Waals surface area contributed by atoms with E-state index in [0.717, 1.165) is 5.56 Å². The quantitative estimate of drug-likeness (QED) is 0.194. The molecule has 0 bridgehead atoms. The number of halogens is 1. The third-order valence-corrected chi connectivity index (χ3v) is 7.96. The number of anilines is 1. The number of β-lactam (4-membered cyclic amide) rings is 1. The van der Waals surface area contributed by atoms with Gasteiger partial charge in [0.1, 0.15) is 11.6 Å². The lowest BCUT2D eigenvalue weighted by atomic mass is 9.77. The van der Waals surface area contributed by atoms with E-state index >= 15 is 0 Å². The molecule has 1 fully saturated rings. The number of aliphatic hydroxyl groups excluding tert-OH is 1. The monoisotopic (exact) mass is 547 g/mol. The molecule has 7 nitrogen and oxygen atoms in total. The summed E-state index contributed by atoms with van der Waals surface area (Å²) in [7, 11) is -4.33. The molecule has 0 aromatic heterocycles. The molecule has 0 spiro atoms. The molecule has 1 saturated heterocycles. The number of rotatable bonds is 8. The zero-order valence-electron chi connectivity index (χ0n) is 20.7. The number of hydrogen-bond acceptors (Lipinski definition) is 5. The van der Waals surface area contributed by atoms with Gasteiger partial charge in [-0.1, -0.05) is 54.6 Å². The summed E-state index contributed by atoms with van der Waals surface area (Å²) in [6, 6.07) is 24.7. The van der Waals surface area contributed by atoms with Crippen molar-refractivity contribution in [3.63, 3.8) is 0 Å². The molecule has 5 rings (SSSR count). The number of benzene rings is 4. The minimum Gasteiger partial charge on any atom is -0.508 e. The first-order valence-corrected chi connectivity index (χ1v) is 13.8. The molecule has 3 N–H and O–H groups in total. The summed E-state index contributed by atoms with van der Waals surface area (Å²) in [5, 5.41) is 21.7. The van der Waals surface area contributed by atoms with Crippen LogP contribution in [-0.2, 0) is 14.9 Å². The van der Waals surface area contributed by atoms with Crippen LogP contribution in [0.15, 0.2) is 102 Å². The maximum absolute atomic E-state index is 13.6. The highest BCUT2D eigenvalue weighted by Gasteiger charge is 2.49. The molecule has 9 heteroatoms. The number of hydrogen-bond donors (Lipinski definition) is 3. The second kappa shape index (κ2) is 10.6. The number of aliphatic hydroxyl groups is 1. The van der Waals surface area contributed by atoms with Crippen LogP contribution in [0.5, 0.6) is 5.75 Å². The number of amides is 1. The molecule has 1 heterocycles. The van der Waals surface area contributed by atoms with Gasteiger partial charge in [-0.05, 0) is 72.0 Å². The molecule has 4 aromatic carbocycles. The van der Waals surface area contributed by atoms with Crippen molar-refractivity contribution in [2.75, 3.05) is 4.90 Å². The van der Waals surface area contributed by atoms with Gasteiger partial charge in [0.25, 0.3) is 10.1 Å². The highest BCUT2D eigenvalue weighted by Crippen LogP contribution is 2.49. The van der Waals surface area contributed by atoms with E-state index in [9.17, 15) is 32.4 Å². The van der Waals surface area contributed by atoms with Gasteiger partial charge in [-0.25, -0.2) is 4.39 Å². The predicted molar refractivity (Wildman–Crippen MR) is 144 cm³/mol. The summed E-state index contributed by atoms with van der Waals surface area (Å²) in [4.78, 5) is 14.6. The largest absolute Gasteiger partial charge is 0.508 e. The van der Waals surface area contributed by atoms with Crippen LogP contribution in [0.1, 0.15) is 36.1 Å². The van der Waals surface area contributed by atoms with Crippen molar-refractivity contribution in [3.8, 4) is 16.9 Å². The fourth-order valence-corrected chi connectivity index (χ4v) is 5.53. The van der Waals surface area contributed by atoms with Gasteiger partial charge >= 0.3 is 0 Å². The second-order valence-corrected chi connectivity index (χ2v) is 10.9. The summed E-state index contributed by atoms with van der Waals surface area (Å²) in [5.41, 5.74) is 2.97. The molecule has 0 radical (unpaired) electrons. The van der Waals surface area contributed by atoms with Crippen LogP contribution in [0.25, 0.3) is 11.1 Å². The summed E-state index contributed by atoms with van der Waals surface area (Å²) in [6.45, 7) is 0. The second-order valence-electron chi connectivity index (χ2n) is 9.51. The molecular weight excluding hydrogens is 521 g/mol. The number of phenols is 1. The SMILES string of the molecule is O=C1[C@H](CC[C@H](O)c2ccccc2)[C@@H](c2ccc(-c3ccc(S(=O)(=O)O)cc3)cc2O)N1c1ccc(F)cc1. The lowest BCUT2D eigenvalue weighted by Crippen LogP contribution is -2.55. The highest BCUT2D eigenvalue weighted by molar-refractivity contribution is 7.85. The Morgan fingerprint density at radius 1 is 0.872 bits per heavy atom. The zero-order valence-corrected chi connectivity index (χ0v) is 21.5. The van der Waals surface area contributed by atoms with Gasteiger partial charge in [-0.15, -0.1) is 0 Å². The van der Waals surface area contributed by atoms with Gasteiger partial charge in [0.2, 0.25) is 5.91 Å². The van der Waals surface area contributed by atoms with Crippen LogP contribution in [0, 0.1) is 11.7 Å². The number of aromatic hydroxyl groups is 1. The van der Waals surface area contributed by atoms with E-state index in [1.54, 1.807) is 12.1 Å². The van der Waals surface area contributed by atoms with Gasteiger partial charge in [0.05, 0.1) is 23.0 Å². The third kappa shape index (κ3) is 5.42. The van der Waals surface area contributed by atoms with Crippen molar-refractivity contribution < 1.29 is 32.4 Å². The Bertz CT molecular complexity index is 1590. The van der Waals surface area contributed by atoms with E-state index in [2.05, 4.69) is 0 Å². The van der Waals surface area contributed by atoms with E-state index in [4.69, 9.17) is 0 Å². The molecule has 0 saturated carbocycles. The maximum Gasteiger partial charge on any atom is 0.294 e. The van der Waals surface area contributed by atoms with Crippen LogP contribution in [0.3, 0.4) is 0 Å². The zero-order chi connectivity index (χ0) is 27.7. The fourth-order valence-electron chi connectivity index (χ4n) is 5.05. The smallest absolute Gasteiger partial charge is 0.294 e. The van der Waals surface area contributed by atoms with Gasteiger partial charge in [-0.2, -0.15) is 8.42 Å². The van der Waals surface area contributed by atoms with E-state index in [0.29, 0.717) is 35.2 Å². The molecule has 1 aliphatic rings. The topological polar surface area (TPSA) is 115 Å². The fraction of sp³-hybridized carbons (Fsp3) is 0.167. The van der Waals surface area contributed by atoms with Crippen molar-refractivity contribution in [2.24, 2.45) is 5.92 Å². The molecule has 4 aromatic rings. The molecule has 200 valence electrons. The summed E-state index contributed by atoms with van der Waals surface area (Å²) >= 11 is 0. The number of carbonyl (C=O) groups excluding carboxylic acids is 1. The first-order chi connectivity index (χ1) is 18.6. The minimum atomic E-state index is -4.33. The van der Waals surface area contributed by atoms with E-state index in [1.165, 1.54) is 59.5 Å². The third-order valence-electron chi connectivity index (χ3n) is 7.09. The Morgan fingerprint density at radius 2 is 1.51 bits per heavy atom. The highest BCUT2D eigenvalue weighted by atomic mass is 32.2. The standard InChI is InChI=1S/C30H26FNO6S/c31-22-9-11-23(12-10-22)32-29(26(30(32)35)16-17-27(33)20-4-2-1-3-5-20)25-15-8-21(18-28(25)34)19-6-13-24(14-7-19)39(36,37)38/h1-15,18,26-27,29,33-34H,16-17H2,(H,36,37,38)/t26-,27+,29-/m1/s1. The maximum atomic E-state index is 13.6. The van der Waals surface area contributed by atoms with Crippen molar-refractivity contribution in [1.82, 2.24) is 0 Å². The van der Waals surface area contributed by atoms with Crippen LogP contribution in [0.2, 0.25) is 0 Å². The Labute approximate surface area is 225 Å². The molecule has 1 amide bonds. The number of phenolic OH excluding ortho intramolecular Hbond substituents is 1. The minimum absolute atomic E-state index is 0.0652. The van der Waals surface area contributed by atoms with Gasteiger partial charge < -0.3 is 15.1 Å². The number of carbonyl (C=O) groups is 1. The van der Waals surface area contributed by atoms with Crippen molar-refractivity contribution in [2.45, 2.75) is 29.9 Å². The molecule has 0 unspecified atom stereocenters. The Balaban J connectivity index is 1.44. The van der Waals surface area contributed by atoms with Crippen LogP contribution in [-0.4, -0.2) is 29.1 Å². The first kappa shape index (κ1) is 26.6. The summed E-state index contributed by atoms with van der Waals surface area (Å²) < 4.78 is 45.5. The van der Waals surface area contributed by atoms with Gasteiger partial charge in [0.15, 0.2) is 0 Å². The first-order valence-electron chi connectivity index (χ1n) is 12.4. The van der Waals surface area contributed by atoms with E-state index in [-0.39, 0.29) is 16.6 Å². The van der Waals surface area contributed by atoms with Gasteiger partial charge in [0, 0.05) is 11.3 Å². The predicted octanol–water partition coefficient (Wildman–Crippen LogP) is 5.66. The van der Waals surface area contributed by atoms with Gasteiger partial charge in [-0.3, -0.25) is 9.35 Å². The van der Waals surface area contributed by atoms with Crippen molar-refractivity contribution in [3.05, 3.63) is 114 Å². The lowest BCUT2D eigenvalue weighted by Gasteiger charge is -2.48. The Kier molecular flexibility index (Phi) is 7.22. The van der Waals surface area contributed by atoms with E-state index < -0.39 is 34.0 Å². The molecule has 39 heavy (non-hydrogen) atoms. The van der Waals surface area contributed by atoms with E-state index in [1.807, 2.05) is 30.3 Å². The van der Waals surface area contributed by atoms with Crippen LogP contribution < -0.4 is 4.90 Å². The normalized spacial score (nSPS) is 18.0. The Hall–Kier alpha value is -4.05. The van der Waals surface area contributed by atoms with Crippen LogP contribution in [0.4, 0.5) is 10.1 Å². The molecule has 1 aliphatic heterocycles. The average molecular weight is 548 g/mol. The molecular formula is C30H26FNO6S. The molecule has 0 aliphatic carbocycles. The van der Waals surface area contributed by atoms with Crippen molar-refractivity contribution >= 4 is 21.7 Å². The lowest BCUT2D eigenvalue weighted by molar-refractivity contribution is -0.131. The number of nitrogens with zero attached hydrogens (tertiary/aromatic N) is 1. The van der Waals surface area contributed by atoms with Crippen LogP contribution >= 0.6 is 0 Å². The summed E-state index contributed by atoms with van der Waals surface area (Å²) in [6.07, 6.45) is -0.0379. The average Bonchev–Trinajstić information content (AvgIpc) is 2.93. The summed E-state index contributed by atoms with van der Waals surface area (Å²) in [5.74, 6) is -1.20. The Morgan fingerprint density at radius 3 is 2.13 bits per heavy atom. The van der Waals surface area contributed by atoms with Crippen molar-refractivity contribution in [1.29, 1.82) is 0 Å². The molecule has 3 atom stereocenters.